The molecule has 30 heavy (non-hydrogen) atoms. The highest BCUT2D eigenvalue weighted by atomic mass is 35.5. The van der Waals surface area contributed by atoms with Crippen molar-refractivity contribution in [1.29, 1.82) is 0 Å². The van der Waals surface area contributed by atoms with E-state index in [0.717, 1.165) is 41.1 Å². The summed E-state index contributed by atoms with van der Waals surface area (Å²) < 4.78 is 8.09. The molecule has 3 nitrogen and oxygen atoms in total. The van der Waals surface area contributed by atoms with Gasteiger partial charge in [0.1, 0.15) is 11.6 Å². The molecule has 1 aromatic heterocycles. The molecule has 0 aliphatic heterocycles. The van der Waals surface area contributed by atoms with E-state index in [9.17, 15) is 0 Å². The molecule has 0 amide bonds. The van der Waals surface area contributed by atoms with Gasteiger partial charge in [-0.15, -0.1) is 0 Å². The van der Waals surface area contributed by atoms with Gasteiger partial charge in [0.15, 0.2) is 0 Å². The van der Waals surface area contributed by atoms with Gasteiger partial charge in [-0.05, 0) is 61.9 Å². The van der Waals surface area contributed by atoms with Crippen molar-refractivity contribution in [3.8, 4) is 5.75 Å². The van der Waals surface area contributed by atoms with Crippen LogP contribution in [-0.4, -0.2) is 16.2 Å². The minimum absolute atomic E-state index is 0.618. The second-order valence-electron chi connectivity index (χ2n) is 7.09. The molecule has 4 aromatic rings. The van der Waals surface area contributed by atoms with Crippen molar-refractivity contribution in [1.82, 2.24) is 9.55 Å². The number of hydrogen-bond donors (Lipinski definition) is 0. The van der Waals surface area contributed by atoms with Gasteiger partial charge in [-0.1, -0.05) is 59.1 Å². The topological polar surface area (TPSA) is 27.1 Å². The molecule has 4 rings (SSSR count). The minimum atomic E-state index is 0.618. The summed E-state index contributed by atoms with van der Waals surface area (Å²) in [6.45, 7) is 3.50. The van der Waals surface area contributed by atoms with Crippen molar-refractivity contribution >= 4 is 46.4 Å². The maximum Gasteiger partial charge on any atom is 0.133 e. The maximum absolute atomic E-state index is 6.31. The van der Waals surface area contributed by atoms with E-state index in [1.54, 1.807) is 0 Å². The van der Waals surface area contributed by atoms with Crippen LogP contribution in [0.3, 0.4) is 0 Å². The maximum atomic E-state index is 6.31. The lowest BCUT2D eigenvalue weighted by Gasteiger charge is -2.09. The van der Waals surface area contributed by atoms with Gasteiger partial charge in [0.2, 0.25) is 0 Å². The molecule has 1 heterocycles. The average molecular weight is 437 g/mol. The summed E-state index contributed by atoms with van der Waals surface area (Å²) in [4.78, 5) is 4.78. The molecule has 0 spiro atoms. The van der Waals surface area contributed by atoms with Crippen molar-refractivity contribution in [3.63, 3.8) is 0 Å². The first-order valence-electron chi connectivity index (χ1n) is 9.88. The number of rotatable bonds is 7. The van der Waals surface area contributed by atoms with Crippen molar-refractivity contribution < 1.29 is 4.74 Å². The standard InChI is InChI=1S/C25H22Cl2N2O/c1-18-10-12-19(13-11-18)30-17-5-16-29-24-9-3-2-8-23(24)28-25(29)15-14-20-21(26)6-4-7-22(20)27/h2-4,6-15H,5,16-17H2,1H3/b15-14+. The lowest BCUT2D eigenvalue weighted by atomic mass is 10.2. The molecule has 0 aliphatic carbocycles. The van der Waals surface area contributed by atoms with Gasteiger partial charge >= 0.3 is 0 Å². The molecule has 0 fully saturated rings. The number of para-hydroxylation sites is 2. The predicted molar refractivity (Wildman–Crippen MR) is 126 cm³/mol. The van der Waals surface area contributed by atoms with E-state index in [1.165, 1.54) is 5.56 Å². The number of benzene rings is 3. The van der Waals surface area contributed by atoms with Crippen LogP contribution < -0.4 is 4.74 Å². The first kappa shape index (κ1) is 20.5. The van der Waals surface area contributed by atoms with Gasteiger partial charge in [-0.2, -0.15) is 0 Å². The highest BCUT2D eigenvalue weighted by molar-refractivity contribution is 6.37. The van der Waals surface area contributed by atoms with Crippen LogP contribution in [0.25, 0.3) is 23.2 Å². The fraction of sp³-hybridized carbons (Fsp3) is 0.160. The van der Waals surface area contributed by atoms with E-state index in [0.29, 0.717) is 16.7 Å². The normalized spacial score (nSPS) is 11.4. The quantitative estimate of drug-likeness (QED) is 0.284. The Kier molecular flexibility index (Phi) is 6.41. The number of halogens is 2. The van der Waals surface area contributed by atoms with Gasteiger partial charge in [0.05, 0.1) is 17.6 Å². The van der Waals surface area contributed by atoms with Crippen molar-refractivity contribution in [3.05, 3.63) is 93.7 Å². The smallest absolute Gasteiger partial charge is 0.133 e. The van der Waals surface area contributed by atoms with Crippen LogP contribution in [0, 0.1) is 6.92 Å². The van der Waals surface area contributed by atoms with Crippen LogP contribution >= 0.6 is 23.2 Å². The summed E-state index contributed by atoms with van der Waals surface area (Å²) >= 11 is 12.6. The van der Waals surface area contributed by atoms with Crippen LogP contribution in [-0.2, 0) is 6.54 Å². The van der Waals surface area contributed by atoms with Crippen LogP contribution in [0.5, 0.6) is 5.75 Å². The molecule has 0 atom stereocenters. The lowest BCUT2D eigenvalue weighted by molar-refractivity contribution is 0.302. The summed E-state index contributed by atoms with van der Waals surface area (Å²) in [5.74, 6) is 1.76. The molecule has 0 unspecified atom stereocenters. The molecule has 0 radical (unpaired) electrons. The molecule has 3 aromatic carbocycles. The fourth-order valence-electron chi connectivity index (χ4n) is 3.33. The molecule has 0 saturated heterocycles. The second kappa shape index (κ2) is 9.38. The molecule has 5 heteroatoms. The molecule has 0 bridgehead atoms. The van der Waals surface area contributed by atoms with E-state index in [-0.39, 0.29) is 0 Å². The van der Waals surface area contributed by atoms with E-state index in [4.69, 9.17) is 32.9 Å². The molecule has 0 aliphatic rings. The van der Waals surface area contributed by atoms with Crippen LogP contribution in [0.4, 0.5) is 0 Å². The Balaban J connectivity index is 1.53. The van der Waals surface area contributed by atoms with Crippen molar-refractivity contribution in [2.45, 2.75) is 19.9 Å². The van der Waals surface area contributed by atoms with Gasteiger partial charge in [0.25, 0.3) is 0 Å². The molecule has 152 valence electrons. The average Bonchev–Trinajstić information content (AvgIpc) is 3.10. The van der Waals surface area contributed by atoms with E-state index in [2.05, 4.69) is 29.7 Å². The number of aromatic nitrogens is 2. The molecule has 0 N–H and O–H groups in total. The Morgan fingerprint density at radius 2 is 1.63 bits per heavy atom. The zero-order valence-corrected chi connectivity index (χ0v) is 18.2. The van der Waals surface area contributed by atoms with Gasteiger partial charge in [0, 0.05) is 22.2 Å². The third kappa shape index (κ3) is 4.69. The van der Waals surface area contributed by atoms with Gasteiger partial charge in [-0.25, -0.2) is 4.98 Å². The molecular formula is C25H22Cl2N2O. The highest BCUT2D eigenvalue weighted by Gasteiger charge is 2.09. The first-order valence-corrected chi connectivity index (χ1v) is 10.6. The second-order valence-corrected chi connectivity index (χ2v) is 7.91. The van der Waals surface area contributed by atoms with Crippen molar-refractivity contribution in [2.24, 2.45) is 0 Å². The van der Waals surface area contributed by atoms with E-state index >= 15 is 0 Å². The monoisotopic (exact) mass is 436 g/mol. The van der Waals surface area contributed by atoms with Crippen LogP contribution in [0.1, 0.15) is 23.4 Å². The zero-order chi connectivity index (χ0) is 20.9. The van der Waals surface area contributed by atoms with E-state index < -0.39 is 0 Å². The van der Waals surface area contributed by atoms with E-state index in [1.807, 2.05) is 60.7 Å². The van der Waals surface area contributed by atoms with Gasteiger partial charge in [-0.3, -0.25) is 0 Å². The number of hydrogen-bond acceptors (Lipinski definition) is 2. The Morgan fingerprint density at radius 3 is 2.40 bits per heavy atom. The van der Waals surface area contributed by atoms with Crippen LogP contribution in [0.2, 0.25) is 10.0 Å². The number of aryl methyl sites for hydroxylation is 2. The Labute approximate surface area is 186 Å². The fourth-order valence-corrected chi connectivity index (χ4v) is 3.85. The summed E-state index contributed by atoms with van der Waals surface area (Å²) in [6, 6.07) is 21.8. The lowest BCUT2D eigenvalue weighted by Crippen LogP contribution is -2.06. The Morgan fingerprint density at radius 1 is 0.900 bits per heavy atom. The predicted octanol–water partition coefficient (Wildman–Crippen LogP) is 7.29. The summed E-state index contributed by atoms with van der Waals surface area (Å²) in [5, 5.41) is 1.24. The third-order valence-corrected chi connectivity index (χ3v) is 5.56. The number of fused-ring (bicyclic) bond motifs is 1. The number of nitrogens with zero attached hydrogens (tertiary/aromatic N) is 2. The molecular weight excluding hydrogens is 415 g/mol. The summed E-state index contributed by atoms with van der Waals surface area (Å²) in [7, 11) is 0. The molecule has 0 saturated carbocycles. The first-order chi connectivity index (χ1) is 14.6. The number of imidazole rings is 1. The Bertz CT molecular complexity index is 1160. The largest absolute Gasteiger partial charge is 0.494 e. The highest BCUT2D eigenvalue weighted by Crippen LogP contribution is 2.27. The SMILES string of the molecule is Cc1ccc(OCCCn2c(/C=C/c3c(Cl)cccc3Cl)nc3ccccc32)cc1. The third-order valence-electron chi connectivity index (χ3n) is 4.90. The summed E-state index contributed by atoms with van der Waals surface area (Å²) in [6.07, 6.45) is 4.75. The number of ether oxygens (including phenoxy) is 1. The van der Waals surface area contributed by atoms with Crippen LogP contribution in [0.15, 0.2) is 66.7 Å². The minimum Gasteiger partial charge on any atom is -0.494 e. The summed E-state index contributed by atoms with van der Waals surface area (Å²) in [5.41, 5.74) is 4.07. The zero-order valence-electron chi connectivity index (χ0n) is 16.7. The van der Waals surface area contributed by atoms with Gasteiger partial charge < -0.3 is 9.30 Å². The van der Waals surface area contributed by atoms with Crippen molar-refractivity contribution in [2.75, 3.05) is 6.61 Å². The Hall–Kier alpha value is -2.75.